The first-order valence-corrected chi connectivity index (χ1v) is 23.5. The molecule has 6 aromatic carbocycles. The predicted molar refractivity (Wildman–Crippen MR) is 266 cm³/mol. The summed E-state index contributed by atoms with van der Waals surface area (Å²) in [6.45, 7) is 16.2. The Bertz CT molecular complexity index is 2780. The van der Waals surface area contributed by atoms with Crippen LogP contribution >= 0.6 is 11.6 Å². The fourth-order valence-electron chi connectivity index (χ4n) is 10.8. The summed E-state index contributed by atoms with van der Waals surface area (Å²) < 4.78 is 2.63. The zero-order valence-electron chi connectivity index (χ0n) is 37.6. The molecule has 0 N–H and O–H groups in total. The SMILES string of the molecule is CC(C)CCN1/C(=C/C=C2\CCC(/C=C/C3=[N+](CCC(C)C)c4ccc5ccccc5c4C3(C)Cc3ccccc3)=C2Cl)C(C)(Cc2ccccc2)c2c1ccc1ccccc21. The normalized spacial score (nSPS) is 21.3. The van der Waals surface area contributed by atoms with E-state index in [1.807, 2.05) is 0 Å². The molecule has 2 atom stereocenters. The fraction of sp³-hybridized carbons (Fsp3) is 0.305. The van der Waals surface area contributed by atoms with E-state index in [4.69, 9.17) is 11.6 Å². The minimum absolute atomic E-state index is 0.232. The number of allylic oxidation sites excluding steroid dienone is 8. The van der Waals surface area contributed by atoms with Gasteiger partial charge >= 0.3 is 0 Å². The monoisotopic (exact) mass is 833 g/mol. The van der Waals surface area contributed by atoms with Gasteiger partial charge in [0.1, 0.15) is 6.54 Å². The number of anilines is 1. The van der Waals surface area contributed by atoms with E-state index in [9.17, 15) is 0 Å². The van der Waals surface area contributed by atoms with Crippen molar-refractivity contribution in [1.29, 1.82) is 0 Å². The van der Waals surface area contributed by atoms with Crippen LogP contribution in [0, 0.1) is 11.8 Å². The van der Waals surface area contributed by atoms with E-state index >= 15 is 0 Å². The minimum atomic E-state index is -0.232. The lowest BCUT2D eigenvalue weighted by atomic mass is 9.73. The molecule has 1 aliphatic carbocycles. The van der Waals surface area contributed by atoms with Crippen LogP contribution in [-0.2, 0) is 23.7 Å². The molecule has 9 rings (SSSR count). The molecular weight excluding hydrogens is 772 g/mol. The maximum atomic E-state index is 7.52. The standard InChI is InChI=1S/C59H62ClN2/c1-41(2)35-37-61-51-31-27-45-21-13-15-23-49(45)55(51)58(5,39-43-17-9-7-10-18-43)53(61)33-29-47-25-26-48(57(47)60)30-34-54-59(6,40-44-19-11-8-12-20-44)56-50-24-16-14-22-46(50)28-32-52(56)62(54)38-36-42(3)4/h7-24,27-34,41-42H,25-26,35-40H2,1-6H3/q+1. The van der Waals surface area contributed by atoms with Gasteiger partial charge in [0.05, 0.1) is 5.41 Å². The molecule has 0 saturated heterocycles. The smallest absolute Gasteiger partial charge is 0.210 e. The van der Waals surface area contributed by atoms with E-state index in [1.165, 1.54) is 77.7 Å². The first-order chi connectivity index (χ1) is 30.0. The predicted octanol–water partition coefficient (Wildman–Crippen LogP) is 15.4. The molecule has 62 heavy (non-hydrogen) atoms. The molecule has 6 aromatic rings. The fourth-order valence-corrected chi connectivity index (χ4v) is 11.1. The second-order valence-electron chi connectivity index (χ2n) is 19.3. The molecular formula is C59H62ClN2+. The second kappa shape index (κ2) is 17.4. The lowest BCUT2D eigenvalue weighted by Crippen LogP contribution is -2.34. The van der Waals surface area contributed by atoms with E-state index in [-0.39, 0.29) is 10.8 Å². The van der Waals surface area contributed by atoms with Gasteiger partial charge < -0.3 is 4.90 Å². The molecule has 2 nitrogen and oxygen atoms in total. The molecule has 0 spiro atoms. The first-order valence-electron chi connectivity index (χ1n) is 23.1. The first kappa shape index (κ1) is 41.9. The molecule has 3 heteroatoms. The maximum Gasteiger partial charge on any atom is 0.210 e. The quantitative estimate of drug-likeness (QED) is 0.105. The van der Waals surface area contributed by atoms with Crippen molar-refractivity contribution >= 4 is 50.2 Å². The number of nitrogens with zero attached hydrogens (tertiary/aromatic N) is 2. The van der Waals surface area contributed by atoms with Crippen LogP contribution in [0.4, 0.5) is 11.4 Å². The van der Waals surface area contributed by atoms with E-state index in [1.54, 1.807) is 0 Å². The summed E-state index contributed by atoms with van der Waals surface area (Å²) in [4.78, 5) is 2.63. The Morgan fingerprint density at radius 3 is 1.84 bits per heavy atom. The van der Waals surface area contributed by atoms with Gasteiger partial charge in [0.25, 0.3) is 0 Å². The van der Waals surface area contributed by atoms with Crippen molar-refractivity contribution in [2.45, 2.75) is 90.9 Å². The summed E-state index contributed by atoms with van der Waals surface area (Å²) in [7, 11) is 0. The van der Waals surface area contributed by atoms with Crippen molar-refractivity contribution in [3.63, 3.8) is 0 Å². The van der Waals surface area contributed by atoms with E-state index < -0.39 is 0 Å². The number of benzene rings is 6. The van der Waals surface area contributed by atoms with Crippen molar-refractivity contribution in [2.75, 3.05) is 18.0 Å². The largest absolute Gasteiger partial charge is 0.344 e. The van der Waals surface area contributed by atoms with Gasteiger partial charge in [-0.1, -0.05) is 167 Å². The molecule has 0 fully saturated rings. The van der Waals surface area contributed by atoms with Gasteiger partial charge in [-0.15, -0.1) is 0 Å². The van der Waals surface area contributed by atoms with Gasteiger partial charge in [-0.3, -0.25) is 0 Å². The Morgan fingerprint density at radius 2 is 1.19 bits per heavy atom. The van der Waals surface area contributed by atoms with Crippen molar-refractivity contribution in [3.8, 4) is 0 Å². The van der Waals surface area contributed by atoms with Crippen LogP contribution in [0.3, 0.4) is 0 Å². The highest BCUT2D eigenvalue weighted by atomic mass is 35.5. The number of fused-ring (bicyclic) bond motifs is 6. The number of halogens is 1. The summed E-state index contributed by atoms with van der Waals surface area (Å²) in [6, 6.07) is 49.4. The van der Waals surface area contributed by atoms with Gasteiger partial charge in [-0.25, -0.2) is 0 Å². The molecule has 2 unspecified atom stereocenters. The van der Waals surface area contributed by atoms with Crippen LogP contribution in [0.5, 0.6) is 0 Å². The van der Waals surface area contributed by atoms with Crippen LogP contribution in [0.1, 0.15) is 89.5 Å². The van der Waals surface area contributed by atoms with Crippen molar-refractivity contribution in [1.82, 2.24) is 0 Å². The highest BCUT2D eigenvalue weighted by Crippen LogP contribution is 2.53. The average Bonchev–Trinajstić information content (AvgIpc) is 3.83. The van der Waals surface area contributed by atoms with Crippen LogP contribution < -0.4 is 4.90 Å². The molecule has 314 valence electrons. The highest BCUT2D eigenvalue weighted by molar-refractivity contribution is 6.33. The number of rotatable bonds is 13. The summed E-state index contributed by atoms with van der Waals surface area (Å²) in [5, 5.41) is 6.19. The van der Waals surface area contributed by atoms with E-state index in [0.29, 0.717) is 11.8 Å². The Hall–Kier alpha value is -5.44. The molecule has 0 bridgehead atoms. The third kappa shape index (κ3) is 7.81. The van der Waals surface area contributed by atoms with Crippen molar-refractivity contribution in [2.24, 2.45) is 11.8 Å². The summed E-state index contributed by atoms with van der Waals surface area (Å²) in [6.07, 6.45) is 15.5. The Labute approximate surface area is 375 Å². The van der Waals surface area contributed by atoms with E-state index in [0.717, 1.165) is 56.6 Å². The van der Waals surface area contributed by atoms with Crippen molar-refractivity contribution < 1.29 is 4.58 Å². The lowest BCUT2D eigenvalue weighted by Gasteiger charge is -2.31. The molecule has 0 saturated carbocycles. The van der Waals surface area contributed by atoms with Crippen LogP contribution in [-0.4, -0.2) is 23.4 Å². The van der Waals surface area contributed by atoms with Gasteiger partial charge in [0.15, 0.2) is 5.71 Å². The molecule has 2 aliphatic heterocycles. The number of hydrogen-bond donors (Lipinski definition) is 0. The van der Waals surface area contributed by atoms with Crippen LogP contribution in [0.25, 0.3) is 21.5 Å². The zero-order chi connectivity index (χ0) is 43.0. The molecule has 3 aliphatic rings. The summed E-state index contributed by atoms with van der Waals surface area (Å²) >= 11 is 7.52. The highest BCUT2D eigenvalue weighted by Gasteiger charge is 2.49. The molecule has 0 amide bonds. The zero-order valence-corrected chi connectivity index (χ0v) is 38.4. The topological polar surface area (TPSA) is 6.25 Å². The van der Waals surface area contributed by atoms with Crippen molar-refractivity contribution in [3.05, 3.63) is 202 Å². The Balaban J connectivity index is 1.13. The maximum absolute atomic E-state index is 7.52. The van der Waals surface area contributed by atoms with Gasteiger partial charge in [-0.2, -0.15) is 4.58 Å². The Morgan fingerprint density at radius 1 is 0.613 bits per heavy atom. The van der Waals surface area contributed by atoms with Crippen LogP contribution in [0.2, 0.25) is 0 Å². The van der Waals surface area contributed by atoms with E-state index in [2.05, 4.69) is 209 Å². The van der Waals surface area contributed by atoms with Gasteiger partial charge in [0, 0.05) is 52.5 Å². The molecule has 0 radical (unpaired) electrons. The third-order valence-corrected chi connectivity index (χ3v) is 14.5. The van der Waals surface area contributed by atoms with Crippen LogP contribution in [0.15, 0.2) is 180 Å². The second-order valence-corrected chi connectivity index (χ2v) is 19.7. The Kier molecular flexibility index (Phi) is 11.7. The average molecular weight is 835 g/mol. The van der Waals surface area contributed by atoms with Gasteiger partial charge in [-0.05, 0) is 125 Å². The molecule has 0 aromatic heterocycles. The summed E-state index contributed by atoms with van der Waals surface area (Å²) in [5.74, 6) is 1.20. The molecule has 2 heterocycles. The third-order valence-electron chi connectivity index (χ3n) is 14.0. The lowest BCUT2D eigenvalue weighted by molar-refractivity contribution is -0.439. The van der Waals surface area contributed by atoms with Gasteiger partial charge in [0.2, 0.25) is 5.69 Å². The minimum Gasteiger partial charge on any atom is -0.344 e. The summed E-state index contributed by atoms with van der Waals surface area (Å²) in [5.41, 5.74) is 13.0. The number of hydrogen-bond acceptors (Lipinski definition) is 1.